The first-order chi connectivity index (χ1) is 11.4. The Hall–Kier alpha value is -1.59. The predicted molar refractivity (Wildman–Crippen MR) is 91.7 cm³/mol. The number of carbonyl (C=O) groups excluding carboxylic acids is 1. The van der Waals surface area contributed by atoms with E-state index in [1.54, 1.807) is 0 Å². The molecule has 1 saturated heterocycles. The molecule has 1 saturated carbocycles. The molecule has 0 radical (unpaired) electrons. The minimum atomic E-state index is -0.470. The van der Waals surface area contributed by atoms with Crippen LogP contribution in [-0.4, -0.2) is 38.1 Å². The van der Waals surface area contributed by atoms with E-state index in [4.69, 9.17) is 4.74 Å². The number of hydrogen-bond donors (Lipinski definition) is 0. The Balaban J connectivity index is 1.70. The van der Waals surface area contributed by atoms with Crippen LogP contribution in [0.2, 0.25) is 0 Å². The van der Waals surface area contributed by atoms with Gasteiger partial charge in [0.15, 0.2) is 0 Å². The normalized spacial score (nSPS) is 23.3. The highest BCUT2D eigenvalue weighted by molar-refractivity contribution is 5.69. The highest BCUT2D eigenvalue weighted by Gasteiger charge is 2.35. The number of nitrogens with zero attached hydrogens (tertiary/aromatic N) is 4. The summed E-state index contributed by atoms with van der Waals surface area (Å²) in [5.41, 5.74) is 0.435. The first-order valence-corrected chi connectivity index (χ1v) is 9.35. The molecule has 0 N–H and O–H groups in total. The van der Waals surface area contributed by atoms with Gasteiger partial charge in [0.25, 0.3) is 0 Å². The van der Waals surface area contributed by atoms with Crippen molar-refractivity contribution < 1.29 is 9.53 Å². The summed E-state index contributed by atoms with van der Waals surface area (Å²) in [6.45, 7) is 6.44. The largest absolute Gasteiger partial charge is 0.444 e. The van der Waals surface area contributed by atoms with Crippen molar-refractivity contribution in [3.8, 4) is 0 Å². The molecule has 0 unspecified atom stereocenters. The van der Waals surface area contributed by atoms with Crippen molar-refractivity contribution in [3.05, 3.63) is 11.9 Å². The molecule has 1 aromatic heterocycles. The molecular weight excluding hydrogens is 304 g/mol. The maximum Gasteiger partial charge on any atom is 0.410 e. The SMILES string of the molecule is CC(C)(C)OC(=O)N1CCC[C@H]1c1cn(C2CCCCCC2)nn1. The minimum Gasteiger partial charge on any atom is -0.444 e. The van der Waals surface area contributed by atoms with Crippen LogP contribution in [-0.2, 0) is 4.74 Å². The van der Waals surface area contributed by atoms with E-state index >= 15 is 0 Å². The molecule has 1 aromatic rings. The molecule has 0 spiro atoms. The number of hydrogen-bond acceptors (Lipinski definition) is 4. The smallest absolute Gasteiger partial charge is 0.410 e. The van der Waals surface area contributed by atoms with Gasteiger partial charge in [-0.15, -0.1) is 5.10 Å². The standard InChI is InChI=1S/C18H30N4O2/c1-18(2,3)24-17(23)21-12-8-11-16(21)15-13-22(20-19-15)14-9-6-4-5-7-10-14/h13-14,16H,4-12H2,1-3H3/t16-/m0/s1. The van der Waals surface area contributed by atoms with Crippen LogP contribution >= 0.6 is 0 Å². The zero-order chi connectivity index (χ0) is 17.2. The van der Waals surface area contributed by atoms with E-state index < -0.39 is 5.60 Å². The molecule has 24 heavy (non-hydrogen) atoms. The fourth-order valence-corrected chi connectivity index (χ4v) is 3.76. The average Bonchev–Trinajstić information content (AvgIpc) is 3.09. The van der Waals surface area contributed by atoms with E-state index in [1.165, 1.54) is 38.5 Å². The molecule has 1 atom stereocenters. The van der Waals surface area contributed by atoms with Crippen LogP contribution in [0.1, 0.15) is 89.9 Å². The lowest BCUT2D eigenvalue weighted by molar-refractivity contribution is 0.0221. The van der Waals surface area contributed by atoms with E-state index in [0.717, 1.165) is 25.1 Å². The summed E-state index contributed by atoms with van der Waals surface area (Å²) in [6.07, 6.45) is 11.3. The third kappa shape index (κ3) is 4.08. The van der Waals surface area contributed by atoms with Gasteiger partial charge in [0.05, 0.1) is 18.3 Å². The molecule has 6 nitrogen and oxygen atoms in total. The third-order valence-electron chi connectivity index (χ3n) is 4.95. The lowest BCUT2D eigenvalue weighted by Crippen LogP contribution is -2.36. The van der Waals surface area contributed by atoms with Gasteiger partial charge in [0.2, 0.25) is 0 Å². The van der Waals surface area contributed by atoms with Crippen LogP contribution in [0.5, 0.6) is 0 Å². The molecule has 0 aromatic carbocycles. The van der Waals surface area contributed by atoms with Crippen molar-refractivity contribution in [2.45, 2.75) is 89.8 Å². The van der Waals surface area contributed by atoms with E-state index in [1.807, 2.05) is 30.4 Å². The maximum absolute atomic E-state index is 12.4. The number of aromatic nitrogens is 3. The van der Waals surface area contributed by atoms with Crippen molar-refractivity contribution >= 4 is 6.09 Å². The summed E-state index contributed by atoms with van der Waals surface area (Å²) in [7, 11) is 0. The molecule has 3 rings (SSSR count). The van der Waals surface area contributed by atoms with Gasteiger partial charge in [-0.25, -0.2) is 9.48 Å². The van der Waals surface area contributed by atoms with Crippen LogP contribution in [0.25, 0.3) is 0 Å². The van der Waals surface area contributed by atoms with Gasteiger partial charge in [-0.05, 0) is 46.5 Å². The molecule has 6 heteroatoms. The summed E-state index contributed by atoms with van der Waals surface area (Å²) < 4.78 is 7.58. The third-order valence-corrected chi connectivity index (χ3v) is 4.95. The Morgan fingerprint density at radius 1 is 1.12 bits per heavy atom. The van der Waals surface area contributed by atoms with Crippen LogP contribution < -0.4 is 0 Å². The second-order valence-corrected chi connectivity index (χ2v) is 8.10. The van der Waals surface area contributed by atoms with Crippen molar-refractivity contribution in [3.63, 3.8) is 0 Å². The molecule has 1 aliphatic heterocycles. The summed E-state index contributed by atoms with van der Waals surface area (Å²) in [6, 6.07) is 0.463. The van der Waals surface area contributed by atoms with Crippen LogP contribution in [0.3, 0.4) is 0 Å². The van der Waals surface area contributed by atoms with Crippen molar-refractivity contribution in [2.24, 2.45) is 0 Å². The van der Waals surface area contributed by atoms with Gasteiger partial charge < -0.3 is 4.74 Å². The lowest BCUT2D eigenvalue weighted by Gasteiger charge is -2.27. The Kier molecular flexibility index (Phi) is 5.11. The quantitative estimate of drug-likeness (QED) is 0.759. The fraction of sp³-hybridized carbons (Fsp3) is 0.833. The average molecular weight is 334 g/mol. The van der Waals surface area contributed by atoms with Gasteiger partial charge in [0, 0.05) is 6.54 Å². The monoisotopic (exact) mass is 334 g/mol. The molecule has 2 fully saturated rings. The topological polar surface area (TPSA) is 60.2 Å². The summed E-state index contributed by atoms with van der Waals surface area (Å²) >= 11 is 0. The molecule has 2 aliphatic rings. The number of amides is 1. The van der Waals surface area contributed by atoms with Gasteiger partial charge >= 0.3 is 6.09 Å². The summed E-state index contributed by atoms with van der Waals surface area (Å²) in [5, 5.41) is 8.78. The van der Waals surface area contributed by atoms with Gasteiger partial charge in [-0.1, -0.05) is 30.9 Å². The van der Waals surface area contributed by atoms with E-state index in [9.17, 15) is 4.79 Å². The number of likely N-dealkylation sites (tertiary alicyclic amines) is 1. The van der Waals surface area contributed by atoms with E-state index in [0.29, 0.717) is 6.04 Å². The Morgan fingerprint density at radius 3 is 2.50 bits per heavy atom. The van der Waals surface area contributed by atoms with Crippen LogP contribution in [0.4, 0.5) is 4.79 Å². The number of rotatable bonds is 2. The Bertz CT molecular complexity index is 556. The summed E-state index contributed by atoms with van der Waals surface area (Å²) in [5.74, 6) is 0. The molecule has 2 heterocycles. The molecule has 1 aliphatic carbocycles. The van der Waals surface area contributed by atoms with Gasteiger partial charge in [0.1, 0.15) is 11.3 Å². The van der Waals surface area contributed by atoms with Gasteiger partial charge in [-0.3, -0.25) is 4.90 Å². The number of ether oxygens (including phenoxy) is 1. The zero-order valence-electron chi connectivity index (χ0n) is 15.2. The van der Waals surface area contributed by atoms with Crippen molar-refractivity contribution in [2.75, 3.05) is 6.54 Å². The maximum atomic E-state index is 12.4. The van der Waals surface area contributed by atoms with Crippen molar-refractivity contribution in [1.82, 2.24) is 19.9 Å². The second kappa shape index (κ2) is 7.11. The van der Waals surface area contributed by atoms with Crippen LogP contribution in [0.15, 0.2) is 6.20 Å². The first kappa shape index (κ1) is 17.2. The lowest BCUT2D eigenvalue weighted by atomic mass is 10.1. The van der Waals surface area contributed by atoms with Crippen molar-refractivity contribution in [1.29, 1.82) is 0 Å². The highest BCUT2D eigenvalue weighted by atomic mass is 16.6. The molecular formula is C18H30N4O2. The minimum absolute atomic E-state index is 0.000576. The zero-order valence-corrected chi connectivity index (χ0v) is 15.2. The predicted octanol–water partition coefficient (Wildman–Crippen LogP) is 4.25. The number of carbonyl (C=O) groups is 1. The van der Waals surface area contributed by atoms with Gasteiger partial charge in [-0.2, -0.15) is 0 Å². The highest BCUT2D eigenvalue weighted by Crippen LogP contribution is 2.33. The Labute approximate surface area is 144 Å². The fourth-order valence-electron chi connectivity index (χ4n) is 3.76. The molecule has 0 bridgehead atoms. The molecule has 1 amide bonds. The van der Waals surface area contributed by atoms with E-state index in [-0.39, 0.29) is 12.1 Å². The molecule has 134 valence electrons. The Morgan fingerprint density at radius 2 is 1.83 bits per heavy atom. The second-order valence-electron chi connectivity index (χ2n) is 8.10. The summed E-state index contributed by atoms with van der Waals surface area (Å²) in [4.78, 5) is 14.3. The van der Waals surface area contributed by atoms with E-state index in [2.05, 4.69) is 16.5 Å². The first-order valence-electron chi connectivity index (χ1n) is 9.35. The van der Waals surface area contributed by atoms with Crippen LogP contribution in [0, 0.1) is 0 Å².